The molecule has 0 aliphatic heterocycles. The lowest BCUT2D eigenvalue weighted by molar-refractivity contribution is -0.384. The molecule has 0 aliphatic carbocycles. The smallest absolute Gasteiger partial charge is 0.269 e. The van der Waals surface area contributed by atoms with E-state index in [-0.39, 0.29) is 12.2 Å². The third kappa shape index (κ3) is 3.72. The van der Waals surface area contributed by atoms with Gasteiger partial charge in [-0.25, -0.2) is 4.39 Å². The van der Waals surface area contributed by atoms with Gasteiger partial charge in [0.05, 0.1) is 4.92 Å². The van der Waals surface area contributed by atoms with Gasteiger partial charge in [-0.05, 0) is 18.2 Å². The molecular formula is C13H10FN3O4. The largest absolute Gasteiger partial charge is 0.325 e. The van der Waals surface area contributed by atoms with Crippen molar-refractivity contribution in [1.29, 1.82) is 0 Å². The number of halogens is 1. The van der Waals surface area contributed by atoms with E-state index in [2.05, 4.69) is 5.32 Å². The van der Waals surface area contributed by atoms with E-state index < -0.39 is 22.2 Å². The summed E-state index contributed by atoms with van der Waals surface area (Å²) >= 11 is 0. The van der Waals surface area contributed by atoms with E-state index in [9.17, 15) is 24.1 Å². The predicted molar refractivity (Wildman–Crippen MR) is 72.4 cm³/mol. The number of rotatable bonds is 4. The first-order valence-electron chi connectivity index (χ1n) is 5.86. The number of nitro groups is 1. The van der Waals surface area contributed by atoms with Crippen molar-refractivity contribution in [2.45, 2.75) is 6.54 Å². The lowest BCUT2D eigenvalue weighted by atomic mass is 10.3. The zero-order valence-electron chi connectivity index (χ0n) is 10.7. The van der Waals surface area contributed by atoms with Gasteiger partial charge < -0.3 is 9.88 Å². The molecule has 0 atom stereocenters. The first-order chi connectivity index (χ1) is 9.95. The number of hydrogen-bond acceptors (Lipinski definition) is 4. The number of amides is 1. The minimum absolute atomic E-state index is 0.102. The average molecular weight is 291 g/mol. The zero-order chi connectivity index (χ0) is 15.4. The van der Waals surface area contributed by atoms with Gasteiger partial charge >= 0.3 is 0 Å². The van der Waals surface area contributed by atoms with Crippen molar-refractivity contribution in [3.05, 3.63) is 68.9 Å². The third-order valence-electron chi connectivity index (χ3n) is 2.62. The fourth-order valence-corrected chi connectivity index (χ4v) is 1.65. The molecule has 0 aliphatic rings. The van der Waals surface area contributed by atoms with Crippen molar-refractivity contribution >= 4 is 17.3 Å². The molecule has 0 bridgehead atoms. The Bertz CT molecular complexity index is 740. The molecule has 0 radical (unpaired) electrons. The number of benzene rings is 1. The molecule has 1 N–H and O–H groups in total. The topological polar surface area (TPSA) is 94.2 Å². The van der Waals surface area contributed by atoms with Gasteiger partial charge in [0.1, 0.15) is 12.4 Å². The molecule has 21 heavy (non-hydrogen) atoms. The molecule has 0 unspecified atom stereocenters. The van der Waals surface area contributed by atoms with Gasteiger partial charge in [-0.2, -0.15) is 0 Å². The van der Waals surface area contributed by atoms with Crippen LogP contribution in [0.5, 0.6) is 0 Å². The quantitative estimate of drug-likeness (QED) is 0.682. The standard InChI is InChI=1S/C13H10FN3O4/c14-9-1-6-13(19)16(7-9)8-12(18)15-10-2-4-11(5-3-10)17(20)21/h1-7H,8H2,(H,15,18). The van der Waals surface area contributed by atoms with E-state index in [1.165, 1.54) is 24.3 Å². The second-order valence-electron chi connectivity index (χ2n) is 4.17. The van der Waals surface area contributed by atoms with Gasteiger partial charge in [-0.3, -0.25) is 19.7 Å². The maximum Gasteiger partial charge on any atom is 0.269 e. The monoisotopic (exact) mass is 291 g/mol. The SMILES string of the molecule is O=C(Cn1cc(F)ccc1=O)Nc1ccc([N+](=O)[O-])cc1. The molecule has 1 aromatic carbocycles. The second-order valence-corrected chi connectivity index (χ2v) is 4.17. The zero-order valence-corrected chi connectivity index (χ0v) is 10.7. The van der Waals surface area contributed by atoms with Crippen LogP contribution in [0.15, 0.2) is 47.4 Å². The Balaban J connectivity index is 2.06. The minimum Gasteiger partial charge on any atom is -0.325 e. The number of nitrogens with one attached hydrogen (secondary N) is 1. The summed E-state index contributed by atoms with van der Waals surface area (Å²) in [5.41, 5.74) is -0.264. The van der Waals surface area contributed by atoms with Crippen LogP contribution in [0.25, 0.3) is 0 Å². The maximum absolute atomic E-state index is 13.0. The van der Waals surface area contributed by atoms with Crippen LogP contribution in [0.1, 0.15) is 0 Å². The van der Waals surface area contributed by atoms with Crippen LogP contribution in [-0.2, 0) is 11.3 Å². The number of anilines is 1. The molecule has 0 saturated heterocycles. The van der Waals surface area contributed by atoms with Crippen molar-refractivity contribution in [3.63, 3.8) is 0 Å². The van der Waals surface area contributed by atoms with Crippen molar-refractivity contribution in [3.8, 4) is 0 Å². The number of aromatic nitrogens is 1. The maximum atomic E-state index is 13.0. The summed E-state index contributed by atoms with van der Waals surface area (Å²) in [6.45, 7) is -0.354. The lowest BCUT2D eigenvalue weighted by Gasteiger charge is -2.07. The van der Waals surface area contributed by atoms with E-state index in [4.69, 9.17) is 0 Å². The van der Waals surface area contributed by atoms with Crippen molar-refractivity contribution < 1.29 is 14.1 Å². The van der Waals surface area contributed by atoms with Crippen molar-refractivity contribution in [2.75, 3.05) is 5.32 Å². The predicted octanol–water partition coefficient (Wildman–Crippen LogP) is 1.53. The highest BCUT2D eigenvalue weighted by Crippen LogP contribution is 2.15. The average Bonchev–Trinajstić information content (AvgIpc) is 2.43. The summed E-state index contributed by atoms with van der Waals surface area (Å²) in [7, 11) is 0. The molecule has 1 amide bonds. The van der Waals surface area contributed by atoms with Crippen LogP contribution in [0, 0.1) is 15.9 Å². The summed E-state index contributed by atoms with van der Waals surface area (Å²) in [6.07, 6.45) is 0.928. The molecule has 108 valence electrons. The highest BCUT2D eigenvalue weighted by atomic mass is 19.1. The van der Waals surface area contributed by atoms with Crippen molar-refractivity contribution in [1.82, 2.24) is 4.57 Å². The number of nitro benzene ring substituents is 1. The molecule has 8 heteroatoms. The molecule has 2 rings (SSSR count). The summed E-state index contributed by atoms with van der Waals surface area (Å²) < 4.78 is 13.9. The van der Waals surface area contributed by atoms with Crippen LogP contribution < -0.4 is 10.9 Å². The number of carbonyl (C=O) groups is 1. The summed E-state index contributed by atoms with van der Waals surface area (Å²) in [5, 5.41) is 12.9. The minimum atomic E-state index is -0.627. The first-order valence-corrected chi connectivity index (χ1v) is 5.86. The molecule has 0 fully saturated rings. The van der Waals surface area contributed by atoms with Gasteiger partial charge in [0, 0.05) is 30.1 Å². The van der Waals surface area contributed by atoms with Gasteiger partial charge in [0.15, 0.2) is 0 Å². The Morgan fingerprint density at radius 3 is 2.52 bits per heavy atom. The van der Waals surface area contributed by atoms with E-state index in [0.717, 1.165) is 22.9 Å². The molecule has 0 spiro atoms. The number of hydrogen-bond donors (Lipinski definition) is 1. The van der Waals surface area contributed by atoms with E-state index >= 15 is 0 Å². The normalized spacial score (nSPS) is 10.1. The molecule has 1 aromatic heterocycles. The number of pyridine rings is 1. The highest BCUT2D eigenvalue weighted by molar-refractivity contribution is 5.90. The van der Waals surface area contributed by atoms with Crippen LogP contribution >= 0.6 is 0 Å². The van der Waals surface area contributed by atoms with Crippen LogP contribution in [0.3, 0.4) is 0 Å². The van der Waals surface area contributed by atoms with Gasteiger partial charge in [0.25, 0.3) is 11.2 Å². The van der Waals surface area contributed by atoms with E-state index in [1.807, 2.05) is 0 Å². The fourth-order valence-electron chi connectivity index (χ4n) is 1.65. The Morgan fingerprint density at radius 1 is 1.24 bits per heavy atom. The van der Waals surface area contributed by atoms with Gasteiger partial charge in [-0.1, -0.05) is 0 Å². The summed E-state index contributed by atoms with van der Waals surface area (Å²) in [6, 6.07) is 7.24. The Hall–Kier alpha value is -3.03. The Kier molecular flexibility index (Phi) is 4.07. The molecule has 1 heterocycles. The molecule has 7 nitrogen and oxygen atoms in total. The van der Waals surface area contributed by atoms with E-state index in [0.29, 0.717) is 5.69 Å². The van der Waals surface area contributed by atoms with E-state index in [1.54, 1.807) is 0 Å². The lowest BCUT2D eigenvalue weighted by Crippen LogP contribution is -2.27. The van der Waals surface area contributed by atoms with Crippen LogP contribution in [-0.4, -0.2) is 15.4 Å². The molecule has 2 aromatic rings. The third-order valence-corrected chi connectivity index (χ3v) is 2.62. The Morgan fingerprint density at radius 2 is 1.90 bits per heavy atom. The van der Waals surface area contributed by atoms with Crippen molar-refractivity contribution in [2.24, 2.45) is 0 Å². The summed E-state index contributed by atoms with van der Waals surface area (Å²) in [4.78, 5) is 33.1. The fraction of sp³-hybridized carbons (Fsp3) is 0.0769. The number of carbonyl (C=O) groups excluding carboxylic acids is 1. The Labute approximate surface area is 117 Å². The van der Waals surface area contributed by atoms with Gasteiger partial charge in [0.2, 0.25) is 5.91 Å². The van der Waals surface area contributed by atoms with Crippen LogP contribution in [0.4, 0.5) is 15.8 Å². The number of non-ortho nitro benzene ring substituents is 1. The first kappa shape index (κ1) is 14.4. The highest BCUT2D eigenvalue weighted by Gasteiger charge is 2.08. The molecule has 0 saturated carbocycles. The molecular weight excluding hydrogens is 281 g/mol. The summed E-state index contributed by atoms with van der Waals surface area (Å²) in [5.74, 6) is -1.17. The van der Waals surface area contributed by atoms with Gasteiger partial charge in [-0.15, -0.1) is 0 Å². The second kappa shape index (κ2) is 5.95. The number of nitrogens with zero attached hydrogens (tertiary/aromatic N) is 2. The van der Waals surface area contributed by atoms with Crippen LogP contribution in [0.2, 0.25) is 0 Å².